The summed E-state index contributed by atoms with van der Waals surface area (Å²) in [6.45, 7) is 3.02. The van der Waals surface area contributed by atoms with Gasteiger partial charge in [0.05, 0.1) is 5.69 Å². The van der Waals surface area contributed by atoms with E-state index in [1.165, 1.54) is 31.2 Å². The molecule has 2 aromatic carbocycles. The van der Waals surface area contributed by atoms with Crippen molar-refractivity contribution in [1.82, 2.24) is 9.78 Å². The Balaban J connectivity index is 1.82. The number of carbonyl (C=O) groups is 2. The van der Waals surface area contributed by atoms with Gasteiger partial charge in [-0.15, -0.1) is 0 Å². The molecule has 0 bridgehead atoms. The summed E-state index contributed by atoms with van der Waals surface area (Å²) in [6, 6.07) is 14.1. The summed E-state index contributed by atoms with van der Waals surface area (Å²) < 4.78 is 14.2. The summed E-state index contributed by atoms with van der Waals surface area (Å²) in [7, 11) is 0. The Morgan fingerprint density at radius 3 is 2.25 bits per heavy atom. The molecule has 1 aromatic heterocycles. The first-order valence-electron chi connectivity index (χ1n) is 8.63. The number of hydrogen-bond donors (Lipinski definition) is 1. The van der Waals surface area contributed by atoms with E-state index in [0.717, 1.165) is 4.68 Å². The fraction of sp³-hybridized carbons (Fsp3) is 0.143. The Hall–Kier alpha value is -3.61. The highest BCUT2D eigenvalue weighted by Gasteiger charge is 2.18. The van der Waals surface area contributed by atoms with Crippen LogP contribution in [0.3, 0.4) is 0 Å². The molecule has 3 rings (SSSR count). The third kappa shape index (κ3) is 4.20. The van der Waals surface area contributed by atoms with Gasteiger partial charge >= 0.3 is 0 Å². The number of ketones is 1. The number of halogens is 1. The molecule has 3 aromatic rings. The van der Waals surface area contributed by atoms with Gasteiger partial charge in [-0.05, 0) is 68.4 Å². The normalized spacial score (nSPS) is 11.7. The van der Waals surface area contributed by atoms with E-state index in [1.54, 1.807) is 43.3 Å². The van der Waals surface area contributed by atoms with Crippen molar-refractivity contribution in [1.29, 1.82) is 0 Å². The van der Waals surface area contributed by atoms with Gasteiger partial charge in [0, 0.05) is 22.9 Å². The van der Waals surface area contributed by atoms with E-state index in [2.05, 4.69) is 10.4 Å². The lowest BCUT2D eigenvalue weighted by Gasteiger charge is -2.15. The average Bonchev–Trinajstić information content (AvgIpc) is 2.69. The van der Waals surface area contributed by atoms with E-state index >= 15 is 0 Å². The van der Waals surface area contributed by atoms with E-state index in [4.69, 9.17) is 0 Å². The van der Waals surface area contributed by atoms with Crippen molar-refractivity contribution in [2.45, 2.75) is 19.9 Å². The van der Waals surface area contributed by atoms with E-state index in [-0.39, 0.29) is 11.6 Å². The van der Waals surface area contributed by atoms with Crippen LogP contribution in [0.5, 0.6) is 0 Å². The lowest BCUT2D eigenvalue weighted by Crippen LogP contribution is -2.33. The van der Waals surface area contributed by atoms with Gasteiger partial charge in [-0.2, -0.15) is 5.10 Å². The second-order valence-corrected chi connectivity index (χ2v) is 6.31. The molecule has 0 saturated heterocycles. The largest absolute Gasteiger partial charge is 0.324 e. The van der Waals surface area contributed by atoms with Crippen LogP contribution in [-0.4, -0.2) is 21.5 Å². The molecule has 0 aliphatic heterocycles. The van der Waals surface area contributed by atoms with E-state index in [0.29, 0.717) is 22.5 Å². The maximum Gasteiger partial charge on any atom is 0.267 e. The Bertz CT molecular complexity index is 1070. The lowest BCUT2D eigenvalue weighted by molar-refractivity contribution is -0.119. The van der Waals surface area contributed by atoms with Crippen LogP contribution in [0.2, 0.25) is 0 Å². The summed E-state index contributed by atoms with van der Waals surface area (Å²) >= 11 is 0. The second kappa shape index (κ2) is 7.96. The van der Waals surface area contributed by atoms with Crippen molar-refractivity contribution in [2.24, 2.45) is 0 Å². The maximum atomic E-state index is 13.1. The predicted octanol–water partition coefficient (Wildman–Crippen LogP) is 3.45. The van der Waals surface area contributed by atoms with Gasteiger partial charge in [-0.3, -0.25) is 14.4 Å². The molecule has 1 N–H and O–H groups in total. The van der Waals surface area contributed by atoms with Crippen LogP contribution in [0, 0.1) is 5.82 Å². The maximum absolute atomic E-state index is 13.1. The van der Waals surface area contributed by atoms with Gasteiger partial charge in [-0.25, -0.2) is 9.07 Å². The number of carbonyl (C=O) groups excluding carboxylic acids is 2. The minimum Gasteiger partial charge on any atom is -0.324 e. The first-order valence-corrected chi connectivity index (χ1v) is 8.63. The molecule has 0 fully saturated rings. The molecule has 0 spiro atoms. The Kier molecular flexibility index (Phi) is 5.44. The molecule has 0 saturated carbocycles. The molecular formula is C21H18FN3O3. The summed E-state index contributed by atoms with van der Waals surface area (Å²) in [5.74, 6) is -0.873. The van der Waals surface area contributed by atoms with Crippen molar-refractivity contribution in [3.8, 4) is 11.3 Å². The van der Waals surface area contributed by atoms with Crippen LogP contribution in [0.4, 0.5) is 10.1 Å². The van der Waals surface area contributed by atoms with E-state index < -0.39 is 17.5 Å². The summed E-state index contributed by atoms with van der Waals surface area (Å²) in [4.78, 5) is 36.1. The molecule has 6 nitrogen and oxygen atoms in total. The number of Topliss-reactive ketones (excluding diaryl/α,β-unsaturated/α-hetero) is 1. The van der Waals surface area contributed by atoms with Crippen LogP contribution in [-0.2, 0) is 4.79 Å². The third-order valence-corrected chi connectivity index (χ3v) is 4.27. The van der Waals surface area contributed by atoms with Crippen LogP contribution < -0.4 is 10.9 Å². The highest BCUT2D eigenvalue weighted by atomic mass is 19.1. The minimum atomic E-state index is -0.875. The van der Waals surface area contributed by atoms with Crippen LogP contribution in [0.15, 0.2) is 65.5 Å². The monoisotopic (exact) mass is 379 g/mol. The van der Waals surface area contributed by atoms with Crippen molar-refractivity contribution in [2.75, 3.05) is 5.32 Å². The Labute approximate surface area is 160 Å². The molecule has 1 heterocycles. The van der Waals surface area contributed by atoms with Crippen LogP contribution in [0.25, 0.3) is 11.3 Å². The van der Waals surface area contributed by atoms with Gasteiger partial charge in [0.1, 0.15) is 11.9 Å². The molecule has 0 aliphatic carbocycles. The number of rotatable bonds is 5. The summed E-state index contributed by atoms with van der Waals surface area (Å²) in [6.07, 6.45) is 0. The molecule has 0 aliphatic rings. The second-order valence-electron chi connectivity index (χ2n) is 6.31. The SMILES string of the molecule is CC(=O)c1ccc(NC(=O)C(C)n2nc(-c3ccc(F)cc3)ccc2=O)cc1. The third-order valence-electron chi connectivity index (χ3n) is 4.27. The van der Waals surface area contributed by atoms with Crippen molar-refractivity contribution < 1.29 is 14.0 Å². The molecule has 0 radical (unpaired) electrons. The highest BCUT2D eigenvalue weighted by Crippen LogP contribution is 2.17. The number of anilines is 1. The van der Waals surface area contributed by atoms with Gasteiger partial charge in [0.2, 0.25) is 5.91 Å². The van der Waals surface area contributed by atoms with Gasteiger partial charge in [-0.1, -0.05) is 0 Å². The number of benzene rings is 2. The standard InChI is InChI=1S/C21H18FN3O3/c1-13(21(28)23-18-9-5-15(6-10-18)14(2)26)25-20(27)12-11-19(24-25)16-3-7-17(22)8-4-16/h3-13H,1-2H3,(H,23,28). The number of amides is 1. The van der Waals surface area contributed by atoms with Crippen LogP contribution in [0.1, 0.15) is 30.2 Å². The molecule has 1 atom stereocenters. The molecule has 28 heavy (non-hydrogen) atoms. The molecule has 1 amide bonds. The fourth-order valence-corrected chi connectivity index (χ4v) is 2.62. The minimum absolute atomic E-state index is 0.0698. The van der Waals surface area contributed by atoms with Crippen molar-refractivity contribution in [3.63, 3.8) is 0 Å². The average molecular weight is 379 g/mol. The fourth-order valence-electron chi connectivity index (χ4n) is 2.62. The molecular weight excluding hydrogens is 361 g/mol. The van der Waals surface area contributed by atoms with Crippen molar-refractivity contribution in [3.05, 3.63) is 82.4 Å². The summed E-state index contributed by atoms with van der Waals surface area (Å²) in [5, 5.41) is 6.95. The summed E-state index contributed by atoms with van der Waals surface area (Å²) in [5.41, 5.74) is 1.69. The zero-order valence-electron chi connectivity index (χ0n) is 15.3. The zero-order chi connectivity index (χ0) is 20.3. The first kappa shape index (κ1) is 19.2. The van der Waals surface area contributed by atoms with Gasteiger partial charge in [0.25, 0.3) is 5.56 Å². The number of hydrogen-bond acceptors (Lipinski definition) is 4. The van der Waals surface area contributed by atoms with E-state index in [9.17, 15) is 18.8 Å². The number of nitrogens with one attached hydrogen (secondary N) is 1. The lowest BCUT2D eigenvalue weighted by atomic mass is 10.1. The quantitative estimate of drug-likeness (QED) is 0.689. The van der Waals surface area contributed by atoms with E-state index in [1.807, 2.05) is 0 Å². The van der Waals surface area contributed by atoms with Crippen LogP contribution >= 0.6 is 0 Å². The Morgan fingerprint density at radius 2 is 1.64 bits per heavy atom. The highest BCUT2D eigenvalue weighted by molar-refractivity contribution is 5.96. The zero-order valence-corrected chi connectivity index (χ0v) is 15.3. The molecule has 1 unspecified atom stereocenters. The molecule has 7 heteroatoms. The van der Waals surface area contributed by atoms with Gasteiger partial charge in [0.15, 0.2) is 5.78 Å². The number of nitrogens with zero attached hydrogens (tertiary/aromatic N) is 2. The first-order chi connectivity index (χ1) is 13.3. The van der Waals surface area contributed by atoms with Gasteiger partial charge < -0.3 is 5.32 Å². The topological polar surface area (TPSA) is 81.1 Å². The number of aromatic nitrogens is 2. The molecule has 142 valence electrons. The Morgan fingerprint density at radius 1 is 1.00 bits per heavy atom. The van der Waals surface area contributed by atoms with Crippen molar-refractivity contribution >= 4 is 17.4 Å². The predicted molar refractivity (Wildman–Crippen MR) is 104 cm³/mol. The smallest absolute Gasteiger partial charge is 0.267 e.